The summed E-state index contributed by atoms with van der Waals surface area (Å²) >= 11 is 6.19. The molecule has 0 aliphatic heterocycles. The first-order chi connectivity index (χ1) is 7.20. The van der Waals surface area contributed by atoms with Crippen molar-refractivity contribution in [2.24, 2.45) is 0 Å². The summed E-state index contributed by atoms with van der Waals surface area (Å²) in [6.07, 6.45) is 4.76. The molecule has 0 radical (unpaired) electrons. The van der Waals surface area contributed by atoms with Gasteiger partial charge in [0.25, 0.3) is 0 Å². The Balaban J connectivity index is 0.000000265. The van der Waals surface area contributed by atoms with Crippen molar-refractivity contribution in [3.63, 3.8) is 0 Å². The van der Waals surface area contributed by atoms with Crippen LogP contribution in [0.1, 0.15) is 5.56 Å². The van der Waals surface area contributed by atoms with Gasteiger partial charge < -0.3 is 0 Å². The minimum atomic E-state index is 1.14. The third-order valence-corrected chi connectivity index (χ3v) is 1.98. The summed E-state index contributed by atoms with van der Waals surface area (Å²) < 4.78 is 1.14. The van der Waals surface area contributed by atoms with Crippen molar-refractivity contribution in [2.45, 2.75) is 6.92 Å². The molecule has 1 aromatic carbocycles. The van der Waals surface area contributed by atoms with Gasteiger partial charge in [0.1, 0.15) is 0 Å². The minimum absolute atomic E-state index is 1.14. The van der Waals surface area contributed by atoms with Crippen molar-refractivity contribution in [1.29, 1.82) is 0 Å². The molecule has 2 heteroatoms. The molecule has 0 fully saturated rings. The molecule has 0 aliphatic carbocycles. The van der Waals surface area contributed by atoms with Crippen LogP contribution in [0.4, 0.5) is 0 Å². The number of rotatable bonds is 0. The highest BCUT2D eigenvalue weighted by atomic mass is 79.9. The largest absolute Gasteiger partial charge is 0.106 e. The van der Waals surface area contributed by atoms with E-state index in [0.717, 1.165) is 4.47 Å². The molecule has 0 bridgehead atoms. The van der Waals surface area contributed by atoms with E-state index in [0.29, 0.717) is 0 Å². The summed E-state index contributed by atoms with van der Waals surface area (Å²) in [4.78, 5) is 2.40. The number of terminal acetylenes is 1. The van der Waals surface area contributed by atoms with Crippen molar-refractivity contribution in [2.75, 3.05) is 0 Å². The van der Waals surface area contributed by atoms with Gasteiger partial charge in [-0.15, -0.1) is 6.42 Å². The van der Waals surface area contributed by atoms with Crippen LogP contribution in [0.25, 0.3) is 0 Å². The van der Waals surface area contributed by atoms with Gasteiger partial charge in [0.05, 0.1) is 0 Å². The Bertz CT molecular complexity index is 421. The van der Waals surface area contributed by atoms with Crippen molar-refractivity contribution >= 4 is 31.9 Å². The Labute approximate surface area is 108 Å². The molecule has 0 heterocycles. The first-order valence-corrected chi connectivity index (χ1v) is 5.57. The average molecular weight is 324 g/mol. The molecule has 1 rings (SSSR count). The Morgan fingerprint density at radius 1 is 1.07 bits per heavy atom. The summed E-state index contributed by atoms with van der Waals surface area (Å²) in [7, 11) is 0. The van der Waals surface area contributed by atoms with Gasteiger partial charge >= 0.3 is 0 Å². The van der Waals surface area contributed by atoms with Crippen LogP contribution < -0.4 is 0 Å². The molecule has 0 unspecified atom stereocenters. The van der Waals surface area contributed by atoms with Crippen molar-refractivity contribution in [1.82, 2.24) is 0 Å². The van der Waals surface area contributed by atoms with Crippen LogP contribution in [0.15, 0.2) is 28.7 Å². The first kappa shape index (κ1) is 13.9. The zero-order valence-corrected chi connectivity index (χ0v) is 11.3. The number of hydrogen-bond acceptors (Lipinski definition) is 0. The summed E-state index contributed by atoms with van der Waals surface area (Å²) in [5.41, 5.74) is 1.30. The van der Waals surface area contributed by atoms with Gasteiger partial charge in [-0.05, 0) is 47.6 Å². The molecule has 0 spiro atoms. The summed E-state index contributed by atoms with van der Waals surface area (Å²) in [5, 5.41) is 0. The van der Waals surface area contributed by atoms with Gasteiger partial charge in [-0.2, -0.15) is 0 Å². The van der Waals surface area contributed by atoms with Crippen LogP contribution in [-0.2, 0) is 0 Å². The van der Waals surface area contributed by atoms with Crippen LogP contribution in [0.5, 0.6) is 0 Å². The Hall–Kier alpha value is -1.14. The predicted octanol–water partition coefficient (Wildman–Crippen LogP) is 3.74. The number of aryl methyl sites for hydroxylation is 1. The van der Waals surface area contributed by atoms with Crippen molar-refractivity contribution in [3.8, 4) is 34.9 Å². The van der Waals surface area contributed by atoms with E-state index >= 15 is 0 Å². The Morgan fingerprint density at radius 2 is 1.67 bits per heavy atom. The van der Waals surface area contributed by atoms with E-state index in [4.69, 9.17) is 6.42 Å². The van der Waals surface area contributed by atoms with Gasteiger partial charge in [0.2, 0.25) is 0 Å². The third kappa shape index (κ3) is 9.17. The quantitative estimate of drug-likeness (QED) is 0.638. The average Bonchev–Trinajstić information content (AvgIpc) is 2.24. The number of benzene rings is 1. The molecule has 0 saturated heterocycles. The summed E-state index contributed by atoms with van der Waals surface area (Å²) in [5.74, 6) is 9.24. The third-order valence-electron chi connectivity index (χ3n) is 1.26. The SMILES string of the molecule is C#CC#CC#CBr.Cc1ccc(Br)cc1. The van der Waals surface area contributed by atoms with Gasteiger partial charge in [-0.25, -0.2) is 0 Å². The lowest BCUT2D eigenvalue weighted by Crippen LogP contribution is -1.66. The highest BCUT2D eigenvalue weighted by Crippen LogP contribution is 2.08. The van der Waals surface area contributed by atoms with Crippen molar-refractivity contribution < 1.29 is 0 Å². The Kier molecular flexibility index (Phi) is 8.70. The van der Waals surface area contributed by atoms with E-state index in [1.807, 2.05) is 12.1 Å². The maximum Gasteiger partial charge on any atom is 0.0175 e. The second kappa shape index (κ2) is 9.42. The van der Waals surface area contributed by atoms with E-state index < -0.39 is 0 Å². The summed E-state index contributed by atoms with van der Waals surface area (Å²) in [6.45, 7) is 2.08. The number of halogens is 2. The molecule has 15 heavy (non-hydrogen) atoms. The molecule has 74 valence electrons. The monoisotopic (exact) mass is 322 g/mol. The fourth-order valence-corrected chi connectivity index (χ4v) is 0.988. The lowest BCUT2D eigenvalue weighted by Gasteiger charge is -1.88. The van der Waals surface area contributed by atoms with Gasteiger partial charge in [-0.1, -0.05) is 33.6 Å². The second-order valence-corrected chi connectivity index (χ2v) is 3.72. The van der Waals surface area contributed by atoms with E-state index in [9.17, 15) is 0 Å². The zero-order valence-electron chi connectivity index (χ0n) is 8.14. The topological polar surface area (TPSA) is 0 Å². The fourth-order valence-electron chi connectivity index (χ4n) is 0.624. The molecule has 0 aliphatic rings. The highest BCUT2D eigenvalue weighted by molar-refractivity contribution is 9.12. The molecule has 0 nitrogen and oxygen atoms in total. The molecular formula is C13H8Br2. The maximum atomic E-state index is 4.76. The molecule has 0 atom stereocenters. The molecule has 0 saturated carbocycles. The first-order valence-electron chi connectivity index (χ1n) is 3.99. The van der Waals surface area contributed by atoms with E-state index in [-0.39, 0.29) is 0 Å². The maximum absolute atomic E-state index is 4.76. The van der Waals surface area contributed by atoms with Gasteiger partial charge in [0.15, 0.2) is 0 Å². The highest BCUT2D eigenvalue weighted by Gasteiger charge is 1.81. The van der Waals surface area contributed by atoms with Crippen LogP contribution >= 0.6 is 31.9 Å². The van der Waals surface area contributed by atoms with Crippen LogP contribution in [0, 0.1) is 41.9 Å². The fraction of sp³-hybridized carbons (Fsp3) is 0.0769. The summed E-state index contributed by atoms with van der Waals surface area (Å²) in [6, 6.07) is 8.22. The van der Waals surface area contributed by atoms with Crippen molar-refractivity contribution in [3.05, 3.63) is 34.3 Å². The molecule has 0 N–H and O–H groups in total. The number of hydrogen-bond donors (Lipinski definition) is 0. The lowest BCUT2D eigenvalue weighted by atomic mass is 10.2. The molecule has 0 aromatic heterocycles. The smallest absolute Gasteiger partial charge is 0.0175 e. The molecular weight excluding hydrogens is 316 g/mol. The lowest BCUT2D eigenvalue weighted by molar-refractivity contribution is 1.46. The van der Waals surface area contributed by atoms with E-state index in [2.05, 4.69) is 79.4 Å². The zero-order chi connectivity index (χ0) is 11.5. The minimum Gasteiger partial charge on any atom is -0.106 e. The van der Waals surface area contributed by atoms with Crippen LogP contribution in [-0.4, -0.2) is 0 Å². The molecule has 0 amide bonds. The molecule has 1 aromatic rings. The van der Waals surface area contributed by atoms with E-state index in [1.165, 1.54) is 5.56 Å². The van der Waals surface area contributed by atoms with Gasteiger partial charge in [0, 0.05) is 20.4 Å². The Morgan fingerprint density at radius 3 is 2.07 bits per heavy atom. The van der Waals surface area contributed by atoms with Crippen LogP contribution in [0.3, 0.4) is 0 Å². The van der Waals surface area contributed by atoms with E-state index in [1.54, 1.807) is 0 Å². The normalized spacial score (nSPS) is 6.53. The standard InChI is InChI=1S/C7H7Br.C6HBr/c1-6-2-4-7(8)5-3-6;1-2-3-4-5-6-7/h2-5H,1H3;1H. The van der Waals surface area contributed by atoms with Gasteiger partial charge in [-0.3, -0.25) is 0 Å². The predicted molar refractivity (Wildman–Crippen MR) is 72.2 cm³/mol. The van der Waals surface area contributed by atoms with Crippen LogP contribution in [0.2, 0.25) is 0 Å². The second-order valence-electron chi connectivity index (χ2n) is 2.41.